The Morgan fingerprint density at radius 3 is 2.32 bits per heavy atom. The number of primary amides is 1. The average Bonchev–Trinajstić information content (AvgIpc) is 2.80. The van der Waals surface area contributed by atoms with E-state index in [1.165, 1.54) is 17.0 Å². The first-order valence-electron chi connectivity index (χ1n) is 12.2. The van der Waals surface area contributed by atoms with E-state index in [-0.39, 0.29) is 17.9 Å². The van der Waals surface area contributed by atoms with Gasteiger partial charge in [0.25, 0.3) is 5.91 Å². The van der Waals surface area contributed by atoms with Gasteiger partial charge in [0.15, 0.2) is 0 Å². The molecule has 0 radical (unpaired) electrons. The lowest BCUT2D eigenvalue weighted by Crippen LogP contribution is -2.53. The first-order valence-corrected chi connectivity index (χ1v) is 12.5. The number of nitrogens with zero attached hydrogens (tertiary/aromatic N) is 1. The molecule has 2 aromatic carbocycles. The van der Waals surface area contributed by atoms with E-state index in [9.17, 15) is 24.3 Å². The van der Waals surface area contributed by atoms with Crippen LogP contribution in [-0.2, 0) is 19.1 Å². The van der Waals surface area contributed by atoms with Gasteiger partial charge < -0.3 is 31.1 Å². The van der Waals surface area contributed by atoms with Gasteiger partial charge in [0, 0.05) is 12.1 Å². The van der Waals surface area contributed by atoms with Crippen LogP contribution < -0.4 is 16.4 Å². The largest absolute Gasteiger partial charge is 0.508 e. The number of phenols is 1. The minimum atomic E-state index is -1.42. The molecule has 0 aliphatic heterocycles. The number of ether oxygens (including phenoxy) is 1. The molecule has 38 heavy (non-hydrogen) atoms. The second-order valence-corrected chi connectivity index (χ2v) is 10.2. The van der Waals surface area contributed by atoms with Crippen molar-refractivity contribution in [2.45, 2.75) is 65.1 Å². The Labute approximate surface area is 227 Å². The lowest BCUT2D eigenvalue weighted by Gasteiger charge is -2.34. The highest BCUT2D eigenvalue weighted by Gasteiger charge is 2.38. The van der Waals surface area contributed by atoms with E-state index in [1.807, 2.05) is 0 Å². The Hall–Kier alpha value is -3.79. The highest BCUT2D eigenvalue weighted by Crippen LogP contribution is 2.33. The summed E-state index contributed by atoms with van der Waals surface area (Å²) < 4.78 is 5.25. The standard InChI is InChI=1S/C27H35ClN4O6/c1-6-14-32(25(36)19(15-21(29)34)30-26(37)38-27(3,4)5)23(17-11-7-8-13-20(17)33)24(35)31-22-16(2)10-9-12-18(22)28/h7-13,19,23,33H,6,14-15H2,1-5H3,(H2,29,34)(H,30,37)(H,31,35). The van der Waals surface area contributed by atoms with Gasteiger partial charge in [-0.3, -0.25) is 14.4 Å². The molecule has 0 saturated carbocycles. The summed E-state index contributed by atoms with van der Waals surface area (Å²) in [7, 11) is 0. The maximum atomic E-state index is 13.8. The number of rotatable bonds is 10. The maximum absolute atomic E-state index is 13.8. The second kappa shape index (κ2) is 13.1. The van der Waals surface area contributed by atoms with Crippen LogP contribution in [0.15, 0.2) is 42.5 Å². The van der Waals surface area contributed by atoms with Gasteiger partial charge in [0.2, 0.25) is 11.8 Å². The molecule has 2 unspecified atom stereocenters. The zero-order valence-corrected chi connectivity index (χ0v) is 23.0. The van der Waals surface area contributed by atoms with Crippen molar-refractivity contribution >= 4 is 41.1 Å². The summed E-state index contributed by atoms with van der Waals surface area (Å²) >= 11 is 6.32. The summed E-state index contributed by atoms with van der Waals surface area (Å²) in [5.74, 6) is -2.47. The van der Waals surface area contributed by atoms with E-state index >= 15 is 0 Å². The van der Waals surface area contributed by atoms with Crippen LogP contribution in [0.2, 0.25) is 5.02 Å². The molecule has 0 aromatic heterocycles. The highest BCUT2D eigenvalue weighted by molar-refractivity contribution is 6.34. The Morgan fingerprint density at radius 2 is 1.76 bits per heavy atom. The first kappa shape index (κ1) is 30.4. The molecule has 2 aromatic rings. The van der Waals surface area contributed by atoms with Crippen LogP contribution in [0.4, 0.5) is 10.5 Å². The third-order valence-electron chi connectivity index (χ3n) is 5.40. The topological polar surface area (TPSA) is 151 Å². The van der Waals surface area contributed by atoms with E-state index in [0.717, 1.165) is 0 Å². The Bertz CT molecular complexity index is 1160. The number of amides is 4. The van der Waals surface area contributed by atoms with E-state index in [1.54, 1.807) is 65.0 Å². The summed E-state index contributed by atoms with van der Waals surface area (Å²) in [6.45, 7) is 8.56. The summed E-state index contributed by atoms with van der Waals surface area (Å²) in [6, 6.07) is 8.46. The number of nitrogens with one attached hydrogen (secondary N) is 2. The highest BCUT2D eigenvalue weighted by atomic mass is 35.5. The average molecular weight is 547 g/mol. The number of para-hydroxylation sites is 2. The zero-order valence-electron chi connectivity index (χ0n) is 22.2. The van der Waals surface area contributed by atoms with Crippen molar-refractivity contribution in [3.8, 4) is 5.75 Å². The molecule has 0 saturated heterocycles. The van der Waals surface area contributed by atoms with Crippen molar-refractivity contribution in [2.24, 2.45) is 5.73 Å². The maximum Gasteiger partial charge on any atom is 0.408 e. The fourth-order valence-corrected chi connectivity index (χ4v) is 4.08. The molecule has 10 nitrogen and oxygen atoms in total. The number of carbonyl (C=O) groups is 4. The number of nitrogens with two attached hydrogens (primary N) is 1. The lowest BCUT2D eigenvalue weighted by atomic mass is 10.0. The second-order valence-electron chi connectivity index (χ2n) is 9.78. The number of phenolic OH excluding ortho intramolecular Hbond substituents is 1. The first-order chi connectivity index (χ1) is 17.7. The Balaban J connectivity index is 2.56. The predicted octanol–water partition coefficient (Wildman–Crippen LogP) is 4.04. The summed E-state index contributed by atoms with van der Waals surface area (Å²) in [5.41, 5.74) is 5.70. The molecule has 2 rings (SSSR count). The zero-order chi connectivity index (χ0) is 28.6. The molecular formula is C27H35ClN4O6. The number of aryl methyl sites for hydroxylation is 1. The molecule has 11 heteroatoms. The minimum absolute atomic E-state index is 0.0536. The van der Waals surface area contributed by atoms with Gasteiger partial charge in [-0.15, -0.1) is 0 Å². The number of anilines is 1. The van der Waals surface area contributed by atoms with Crippen LogP contribution >= 0.6 is 11.6 Å². The monoisotopic (exact) mass is 546 g/mol. The van der Waals surface area contributed by atoms with Crippen molar-refractivity contribution in [2.75, 3.05) is 11.9 Å². The smallest absolute Gasteiger partial charge is 0.408 e. The van der Waals surface area contributed by atoms with Crippen LogP contribution in [0, 0.1) is 6.92 Å². The fraction of sp³-hybridized carbons (Fsp3) is 0.407. The number of halogens is 1. The minimum Gasteiger partial charge on any atom is -0.508 e. The van der Waals surface area contributed by atoms with E-state index in [0.29, 0.717) is 22.7 Å². The molecule has 0 spiro atoms. The molecule has 0 bridgehead atoms. The van der Waals surface area contributed by atoms with Crippen LogP contribution in [0.1, 0.15) is 57.7 Å². The molecule has 2 atom stereocenters. The van der Waals surface area contributed by atoms with Crippen molar-refractivity contribution in [1.29, 1.82) is 0 Å². The molecule has 0 heterocycles. The summed E-state index contributed by atoms with van der Waals surface area (Å²) in [6.07, 6.45) is -1.04. The van der Waals surface area contributed by atoms with Crippen LogP contribution in [0.5, 0.6) is 5.75 Å². The third kappa shape index (κ3) is 8.37. The fourth-order valence-electron chi connectivity index (χ4n) is 3.81. The number of aromatic hydroxyl groups is 1. The SMILES string of the molecule is CCCN(C(=O)C(CC(N)=O)NC(=O)OC(C)(C)C)C(C(=O)Nc1c(C)cccc1Cl)c1ccccc1O. The molecule has 4 amide bonds. The number of hydrogen-bond acceptors (Lipinski definition) is 6. The molecule has 206 valence electrons. The summed E-state index contributed by atoms with van der Waals surface area (Å²) in [4.78, 5) is 53.1. The summed E-state index contributed by atoms with van der Waals surface area (Å²) in [5, 5.41) is 16.1. The molecule has 0 aliphatic carbocycles. The Kier molecular flexibility index (Phi) is 10.5. The number of hydrogen-bond donors (Lipinski definition) is 4. The van der Waals surface area contributed by atoms with Crippen molar-refractivity contribution in [1.82, 2.24) is 10.2 Å². The van der Waals surface area contributed by atoms with Crippen molar-refractivity contribution in [3.63, 3.8) is 0 Å². The predicted molar refractivity (Wildman–Crippen MR) is 145 cm³/mol. The van der Waals surface area contributed by atoms with Gasteiger partial charge in [0.1, 0.15) is 23.4 Å². The van der Waals surface area contributed by atoms with Crippen LogP contribution in [-0.4, -0.2) is 52.0 Å². The molecule has 5 N–H and O–H groups in total. The Morgan fingerprint density at radius 1 is 1.11 bits per heavy atom. The van der Waals surface area contributed by atoms with Crippen LogP contribution in [0.25, 0.3) is 0 Å². The van der Waals surface area contributed by atoms with Gasteiger partial charge in [-0.25, -0.2) is 4.79 Å². The van der Waals surface area contributed by atoms with E-state index < -0.39 is 47.9 Å². The number of alkyl carbamates (subject to hydrolysis) is 1. The lowest BCUT2D eigenvalue weighted by molar-refractivity contribution is -0.142. The van der Waals surface area contributed by atoms with Gasteiger partial charge in [-0.2, -0.15) is 0 Å². The quantitative estimate of drug-likeness (QED) is 0.353. The molecule has 0 aliphatic rings. The molecule has 0 fully saturated rings. The number of benzene rings is 2. The van der Waals surface area contributed by atoms with Gasteiger partial charge in [0.05, 0.1) is 17.1 Å². The van der Waals surface area contributed by atoms with Crippen molar-refractivity contribution < 1.29 is 29.0 Å². The van der Waals surface area contributed by atoms with Gasteiger partial charge in [-0.05, 0) is 51.8 Å². The van der Waals surface area contributed by atoms with Crippen LogP contribution in [0.3, 0.4) is 0 Å². The van der Waals surface area contributed by atoms with Gasteiger partial charge in [-0.1, -0.05) is 48.9 Å². The molecular weight excluding hydrogens is 512 g/mol. The van der Waals surface area contributed by atoms with E-state index in [2.05, 4.69) is 10.6 Å². The van der Waals surface area contributed by atoms with E-state index in [4.69, 9.17) is 22.1 Å². The van der Waals surface area contributed by atoms with Gasteiger partial charge >= 0.3 is 6.09 Å². The third-order valence-corrected chi connectivity index (χ3v) is 5.72. The normalized spacial score (nSPS) is 12.7. The number of carbonyl (C=O) groups excluding carboxylic acids is 4. The van der Waals surface area contributed by atoms with Crippen molar-refractivity contribution in [3.05, 3.63) is 58.6 Å².